The summed E-state index contributed by atoms with van der Waals surface area (Å²) in [6, 6.07) is 0. The van der Waals surface area contributed by atoms with Crippen LogP contribution in [0.1, 0.15) is 60.3 Å². The molecule has 0 aromatic rings. The Kier molecular flexibility index (Phi) is 5.94. The topological polar surface area (TPSA) is 21.3 Å². The van der Waals surface area contributed by atoms with Gasteiger partial charge in [-0.1, -0.05) is 33.1 Å². The highest BCUT2D eigenvalue weighted by Gasteiger charge is 2.20. The normalized spacial score (nSPS) is 19.4. The molecule has 1 aliphatic rings. The second kappa shape index (κ2) is 6.75. The molecule has 1 saturated carbocycles. The van der Waals surface area contributed by atoms with E-state index in [4.69, 9.17) is 4.74 Å². The molecule has 1 fully saturated rings. The lowest BCUT2D eigenvalue weighted by Crippen LogP contribution is -2.43. The van der Waals surface area contributed by atoms with Crippen molar-refractivity contribution < 1.29 is 4.74 Å². The van der Waals surface area contributed by atoms with Crippen molar-refractivity contribution in [1.29, 1.82) is 0 Å². The Balaban J connectivity index is 2.17. The first-order valence-electron chi connectivity index (χ1n) is 7.25. The van der Waals surface area contributed by atoms with Gasteiger partial charge in [0.05, 0.1) is 6.10 Å². The molecule has 0 heterocycles. The van der Waals surface area contributed by atoms with Gasteiger partial charge in [0.15, 0.2) is 0 Å². The predicted octanol–water partition coefficient (Wildman–Crippen LogP) is 3.61. The third kappa shape index (κ3) is 6.42. The van der Waals surface area contributed by atoms with Gasteiger partial charge < -0.3 is 10.1 Å². The lowest BCUT2D eigenvalue weighted by atomic mass is 9.83. The van der Waals surface area contributed by atoms with Crippen LogP contribution in [0.4, 0.5) is 0 Å². The lowest BCUT2D eigenvalue weighted by molar-refractivity contribution is 0.00792. The molecule has 0 bridgehead atoms. The van der Waals surface area contributed by atoms with E-state index in [1.54, 1.807) is 0 Å². The van der Waals surface area contributed by atoms with E-state index in [2.05, 4.69) is 39.9 Å². The van der Waals surface area contributed by atoms with Crippen molar-refractivity contribution in [2.24, 2.45) is 11.8 Å². The summed E-state index contributed by atoms with van der Waals surface area (Å²) in [6.45, 7) is 13.0. The van der Waals surface area contributed by atoms with Gasteiger partial charge in [0.2, 0.25) is 0 Å². The summed E-state index contributed by atoms with van der Waals surface area (Å²) < 4.78 is 6.04. The molecule has 1 N–H and O–H groups in total. The second-order valence-electron chi connectivity index (χ2n) is 6.87. The van der Waals surface area contributed by atoms with E-state index in [0.29, 0.717) is 12.0 Å². The molecule has 0 aromatic carbocycles. The van der Waals surface area contributed by atoms with Gasteiger partial charge in [0.1, 0.15) is 0 Å². The molecule has 2 heteroatoms. The van der Waals surface area contributed by atoms with E-state index in [-0.39, 0.29) is 5.54 Å². The summed E-state index contributed by atoms with van der Waals surface area (Å²) in [5.74, 6) is 1.55. The number of ether oxygens (including phenoxy) is 1. The van der Waals surface area contributed by atoms with Crippen molar-refractivity contribution in [3.63, 3.8) is 0 Å². The van der Waals surface area contributed by atoms with Crippen LogP contribution in [0.2, 0.25) is 0 Å². The third-order valence-electron chi connectivity index (χ3n) is 3.66. The van der Waals surface area contributed by atoms with Crippen LogP contribution >= 0.6 is 0 Å². The van der Waals surface area contributed by atoms with E-state index in [1.807, 2.05) is 0 Å². The van der Waals surface area contributed by atoms with E-state index >= 15 is 0 Å². The first-order chi connectivity index (χ1) is 7.88. The fourth-order valence-electron chi connectivity index (χ4n) is 2.06. The Hall–Kier alpha value is -0.0800. The van der Waals surface area contributed by atoms with Gasteiger partial charge in [0.25, 0.3) is 0 Å². The van der Waals surface area contributed by atoms with Gasteiger partial charge in [-0.15, -0.1) is 0 Å². The SMILES string of the molecule is CC(C)C(CNC(C)(C)C)OCCC1CCC1. The maximum atomic E-state index is 6.04. The fraction of sp³-hybridized carbons (Fsp3) is 1.00. The minimum absolute atomic E-state index is 0.185. The van der Waals surface area contributed by atoms with E-state index in [9.17, 15) is 0 Å². The van der Waals surface area contributed by atoms with Crippen LogP contribution in [-0.4, -0.2) is 24.8 Å². The maximum absolute atomic E-state index is 6.04. The molecular formula is C15H31NO. The highest BCUT2D eigenvalue weighted by Crippen LogP contribution is 2.29. The van der Waals surface area contributed by atoms with Crippen LogP contribution in [0.15, 0.2) is 0 Å². The molecule has 1 aliphatic carbocycles. The van der Waals surface area contributed by atoms with Crippen LogP contribution in [0, 0.1) is 11.8 Å². The minimum atomic E-state index is 0.185. The zero-order valence-corrected chi connectivity index (χ0v) is 12.4. The van der Waals surface area contributed by atoms with Crippen LogP contribution < -0.4 is 5.32 Å². The minimum Gasteiger partial charge on any atom is -0.377 e. The molecule has 17 heavy (non-hydrogen) atoms. The van der Waals surface area contributed by atoms with E-state index in [1.165, 1.54) is 25.7 Å². The molecule has 0 radical (unpaired) electrons. The standard InChI is InChI=1S/C15H31NO/c1-12(2)14(11-16-15(3,4)5)17-10-9-13-7-6-8-13/h12-14,16H,6-11H2,1-5H3. The molecule has 0 amide bonds. The maximum Gasteiger partial charge on any atom is 0.0722 e. The van der Waals surface area contributed by atoms with E-state index < -0.39 is 0 Å². The van der Waals surface area contributed by atoms with Crippen molar-refractivity contribution in [3.8, 4) is 0 Å². The molecule has 0 aromatic heterocycles. The van der Waals surface area contributed by atoms with Crippen molar-refractivity contribution in [2.45, 2.75) is 71.9 Å². The highest BCUT2D eigenvalue weighted by molar-refractivity contribution is 4.75. The number of hydrogen-bond donors (Lipinski definition) is 1. The van der Waals surface area contributed by atoms with Crippen molar-refractivity contribution >= 4 is 0 Å². The summed E-state index contributed by atoms with van der Waals surface area (Å²) in [5, 5.41) is 3.54. The fourth-order valence-corrected chi connectivity index (χ4v) is 2.06. The second-order valence-corrected chi connectivity index (χ2v) is 6.87. The van der Waals surface area contributed by atoms with Crippen LogP contribution in [0.5, 0.6) is 0 Å². The van der Waals surface area contributed by atoms with Gasteiger partial charge in [-0.25, -0.2) is 0 Å². The van der Waals surface area contributed by atoms with Crippen molar-refractivity contribution in [1.82, 2.24) is 5.32 Å². The van der Waals surface area contributed by atoms with Crippen molar-refractivity contribution in [3.05, 3.63) is 0 Å². The monoisotopic (exact) mass is 241 g/mol. The largest absolute Gasteiger partial charge is 0.377 e. The molecule has 0 saturated heterocycles. The molecule has 2 nitrogen and oxygen atoms in total. The number of hydrogen-bond acceptors (Lipinski definition) is 2. The van der Waals surface area contributed by atoms with Gasteiger partial charge >= 0.3 is 0 Å². The first-order valence-corrected chi connectivity index (χ1v) is 7.25. The summed E-state index contributed by atoms with van der Waals surface area (Å²) in [5.41, 5.74) is 0.185. The van der Waals surface area contributed by atoms with Gasteiger partial charge in [0, 0.05) is 18.7 Å². The quantitative estimate of drug-likeness (QED) is 0.735. The van der Waals surface area contributed by atoms with Crippen LogP contribution in [-0.2, 0) is 4.74 Å². The van der Waals surface area contributed by atoms with Crippen LogP contribution in [0.3, 0.4) is 0 Å². The Morgan fingerprint density at radius 2 is 1.88 bits per heavy atom. The first kappa shape index (κ1) is 15.0. The lowest BCUT2D eigenvalue weighted by Gasteiger charge is -2.29. The highest BCUT2D eigenvalue weighted by atomic mass is 16.5. The van der Waals surface area contributed by atoms with Crippen molar-refractivity contribution in [2.75, 3.05) is 13.2 Å². The number of rotatable bonds is 7. The smallest absolute Gasteiger partial charge is 0.0722 e. The summed E-state index contributed by atoms with van der Waals surface area (Å²) in [7, 11) is 0. The Labute approximate surface area is 108 Å². The molecule has 0 spiro atoms. The zero-order chi connectivity index (χ0) is 12.9. The molecule has 1 rings (SSSR count). The Bertz CT molecular complexity index is 203. The summed E-state index contributed by atoms with van der Waals surface area (Å²) in [4.78, 5) is 0. The zero-order valence-electron chi connectivity index (χ0n) is 12.4. The average Bonchev–Trinajstić information content (AvgIpc) is 2.11. The third-order valence-corrected chi connectivity index (χ3v) is 3.66. The van der Waals surface area contributed by atoms with Gasteiger partial charge in [-0.3, -0.25) is 0 Å². The molecular weight excluding hydrogens is 210 g/mol. The average molecular weight is 241 g/mol. The number of nitrogens with one attached hydrogen (secondary N) is 1. The summed E-state index contributed by atoms with van der Waals surface area (Å²) >= 11 is 0. The Morgan fingerprint density at radius 1 is 1.24 bits per heavy atom. The summed E-state index contributed by atoms with van der Waals surface area (Å²) in [6.07, 6.45) is 5.91. The molecule has 102 valence electrons. The van der Waals surface area contributed by atoms with E-state index in [0.717, 1.165) is 19.1 Å². The molecule has 1 atom stereocenters. The predicted molar refractivity (Wildman–Crippen MR) is 74.3 cm³/mol. The van der Waals surface area contributed by atoms with Crippen LogP contribution in [0.25, 0.3) is 0 Å². The van der Waals surface area contributed by atoms with Gasteiger partial charge in [-0.05, 0) is 39.0 Å². The molecule has 0 aliphatic heterocycles. The van der Waals surface area contributed by atoms with Gasteiger partial charge in [-0.2, -0.15) is 0 Å². The Morgan fingerprint density at radius 3 is 2.29 bits per heavy atom. The molecule has 1 unspecified atom stereocenters.